The van der Waals surface area contributed by atoms with Crippen molar-refractivity contribution in [3.8, 4) is 16.9 Å². The van der Waals surface area contributed by atoms with Crippen LogP contribution in [-0.4, -0.2) is 14.8 Å². The normalized spacial score (nSPS) is 10.4. The third-order valence-corrected chi connectivity index (χ3v) is 3.79. The van der Waals surface area contributed by atoms with Crippen LogP contribution in [0.3, 0.4) is 0 Å². The summed E-state index contributed by atoms with van der Waals surface area (Å²) in [6.45, 7) is 4.69. The van der Waals surface area contributed by atoms with Gasteiger partial charge in [0.05, 0.1) is 0 Å². The molecule has 4 nitrogen and oxygen atoms in total. The summed E-state index contributed by atoms with van der Waals surface area (Å²) in [6, 6.07) is 18.3. The second-order valence-corrected chi connectivity index (χ2v) is 5.41. The van der Waals surface area contributed by atoms with Gasteiger partial charge >= 0.3 is 0 Å². The Kier molecular flexibility index (Phi) is 4.68. The Morgan fingerprint density at radius 3 is 2.48 bits per heavy atom. The summed E-state index contributed by atoms with van der Waals surface area (Å²) in [7, 11) is 0. The molecule has 0 aliphatic rings. The lowest BCUT2D eigenvalue weighted by atomic mass is 10.1. The van der Waals surface area contributed by atoms with E-state index in [1.165, 1.54) is 5.56 Å². The Hall–Kier alpha value is -2.66. The Balaban J connectivity index is 1.70. The lowest BCUT2D eigenvalue weighted by Gasteiger charge is -2.08. The number of nitrogens with zero attached hydrogens (tertiary/aromatic N) is 2. The van der Waals surface area contributed by atoms with Crippen LogP contribution < -0.4 is 4.74 Å². The van der Waals surface area contributed by atoms with E-state index >= 15 is 0 Å². The van der Waals surface area contributed by atoms with Gasteiger partial charge in [-0.25, -0.2) is 0 Å². The summed E-state index contributed by atoms with van der Waals surface area (Å²) in [5.74, 6) is 1.55. The third-order valence-electron chi connectivity index (χ3n) is 3.48. The third kappa shape index (κ3) is 3.57. The van der Waals surface area contributed by atoms with Gasteiger partial charge in [-0.3, -0.25) is 9.67 Å². The maximum Gasteiger partial charge on any atom is 0.195 e. The highest BCUT2D eigenvalue weighted by atomic mass is 32.1. The lowest BCUT2D eigenvalue weighted by Crippen LogP contribution is -2.06. The minimum atomic E-state index is 0.353. The molecule has 0 atom stereocenters. The molecule has 0 aliphatic heterocycles. The van der Waals surface area contributed by atoms with Crippen molar-refractivity contribution in [3.05, 3.63) is 77.8 Å². The maximum absolute atomic E-state index is 5.80. The van der Waals surface area contributed by atoms with E-state index in [9.17, 15) is 0 Å². The summed E-state index contributed by atoms with van der Waals surface area (Å²) in [4.78, 5) is 0. The van der Waals surface area contributed by atoms with Crippen molar-refractivity contribution in [1.82, 2.24) is 14.8 Å². The van der Waals surface area contributed by atoms with Gasteiger partial charge in [0.2, 0.25) is 0 Å². The van der Waals surface area contributed by atoms with Crippen molar-refractivity contribution in [2.24, 2.45) is 0 Å². The molecule has 0 fully saturated rings. The molecule has 0 bridgehead atoms. The van der Waals surface area contributed by atoms with Gasteiger partial charge in [0.15, 0.2) is 10.6 Å². The highest BCUT2D eigenvalue weighted by Crippen LogP contribution is 2.22. The van der Waals surface area contributed by atoms with E-state index in [0.717, 1.165) is 17.1 Å². The number of nitrogens with one attached hydrogen (secondary N) is 1. The highest BCUT2D eigenvalue weighted by molar-refractivity contribution is 7.71. The van der Waals surface area contributed by atoms with Crippen molar-refractivity contribution in [2.45, 2.75) is 13.2 Å². The summed E-state index contributed by atoms with van der Waals surface area (Å²) < 4.78 is 8.23. The van der Waals surface area contributed by atoms with Crippen LogP contribution >= 0.6 is 12.2 Å². The Labute approximate surface area is 140 Å². The molecule has 3 rings (SSSR count). The zero-order valence-electron chi connectivity index (χ0n) is 12.6. The predicted octanol–water partition coefficient (Wildman–Crippen LogP) is 4.37. The van der Waals surface area contributed by atoms with Crippen LogP contribution in [-0.2, 0) is 13.2 Å². The molecule has 0 amide bonds. The quantitative estimate of drug-likeness (QED) is 0.541. The lowest BCUT2D eigenvalue weighted by molar-refractivity contribution is 0.290. The second kappa shape index (κ2) is 7.07. The van der Waals surface area contributed by atoms with Gasteiger partial charge in [-0.05, 0) is 35.5 Å². The van der Waals surface area contributed by atoms with Gasteiger partial charge in [0, 0.05) is 6.54 Å². The second-order valence-electron chi connectivity index (χ2n) is 5.02. The number of H-pyrrole nitrogens is 1. The molecule has 3 aromatic rings. The minimum absolute atomic E-state index is 0.353. The van der Waals surface area contributed by atoms with Crippen LogP contribution in [0.1, 0.15) is 5.82 Å². The van der Waals surface area contributed by atoms with Gasteiger partial charge in [-0.15, -0.1) is 6.58 Å². The standard InChI is InChI=1S/C18H17N3OS/c1-2-12-21-17(19-20-18(21)23)13-22-16-10-8-15(9-11-16)14-6-4-3-5-7-14/h2-11H,1,12-13H2,(H,20,23). The first-order valence-electron chi connectivity index (χ1n) is 7.31. The SMILES string of the molecule is C=CCn1c(COc2ccc(-c3ccccc3)cc2)n[nH]c1=S. The maximum atomic E-state index is 5.80. The number of aromatic amines is 1. The van der Waals surface area contributed by atoms with Gasteiger partial charge in [0.25, 0.3) is 0 Å². The largest absolute Gasteiger partial charge is 0.486 e. The van der Waals surface area contributed by atoms with Crippen molar-refractivity contribution in [1.29, 1.82) is 0 Å². The molecule has 5 heteroatoms. The molecule has 116 valence electrons. The molecule has 0 radical (unpaired) electrons. The number of rotatable bonds is 6. The van der Waals surface area contributed by atoms with Gasteiger partial charge < -0.3 is 4.74 Å². The molecule has 0 saturated heterocycles. The molecule has 1 aromatic heterocycles. The van der Waals surface area contributed by atoms with E-state index in [4.69, 9.17) is 17.0 Å². The average Bonchev–Trinajstić information content (AvgIpc) is 2.95. The van der Waals surface area contributed by atoms with Crippen LogP contribution in [0, 0.1) is 4.77 Å². The van der Waals surface area contributed by atoms with Crippen LogP contribution in [0.25, 0.3) is 11.1 Å². The number of hydrogen-bond donors (Lipinski definition) is 1. The Bertz CT molecular complexity index is 835. The van der Waals surface area contributed by atoms with E-state index in [1.54, 1.807) is 6.08 Å². The van der Waals surface area contributed by atoms with Crippen molar-refractivity contribution in [2.75, 3.05) is 0 Å². The molecule has 1 N–H and O–H groups in total. The molecule has 0 unspecified atom stereocenters. The molecule has 0 spiro atoms. The van der Waals surface area contributed by atoms with Crippen LogP contribution in [0.2, 0.25) is 0 Å². The van der Waals surface area contributed by atoms with Crippen LogP contribution in [0.4, 0.5) is 0 Å². The van der Waals surface area contributed by atoms with E-state index < -0.39 is 0 Å². The molecule has 0 aliphatic carbocycles. The first-order chi connectivity index (χ1) is 11.3. The summed E-state index contributed by atoms with van der Waals surface area (Å²) in [5, 5.41) is 6.96. The minimum Gasteiger partial charge on any atom is -0.486 e. The number of hydrogen-bond acceptors (Lipinski definition) is 3. The van der Waals surface area contributed by atoms with Crippen LogP contribution in [0.5, 0.6) is 5.75 Å². The highest BCUT2D eigenvalue weighted by Gasteiger charge is 2.06. The smallest absolute Gasteiger partial charge is 0.195 e. The summed E-state index contributed by atoms with van der Waals surface area (Å²) in [5.41, 5.74) is 2.35. The number of benzene rings is 2. The molecule has 1 heterocycles. The van der Waals surface area contributed by atoms with Crippen molar-refractivity contribution < 1.29 is 4.74 Å². The van der Waals surface area contributed by atoms with E-state index in [2.05, 4.69) is 28.9 Å². The Morgan fingerprint density at radius 2 is 1.78 bits per heavy atom. The fourth-order valence-corrected chi connectivity index (χ4v) is 2.53. The molecule has 2 aromatic carbocycles. The van der Waals surface area contributed by atoms with E-state index in [-0.39, 0.29) is 0 Å². The summed E-state index contributed by atoms with van der Waals surface area (Å²) >= 11 is 5.18. The molecule has 0 saturated carbocycles. The average molecular weight is 323 g/mol. The molecule has 23 heavy (non-hydrogen) atoms. The fraction of sp³-hybridized carbons (Fsp3) is 0.111. The monoisotopic (exact) mass is 323 g/mol. The van der Waals surface area contributed by atoms with Gasteiger partial charge in [-0.2, -0.15) is 5.10 Å². The van der Waals surface area contributed by atoms with Gasteiger partial charge in [-0.1, -0.05) is 48.5 Å². The number of allylic oxidation sites excluding steroid dienone is 1. The van der Waals surface area contributed by atoms with E-state index in [1.807, 2.05) is 47.0 Å². The van der Waals surface area contributed by atoms with Crippen molar-refractivity contribution in [3.63, 3.8) is 0 Å². The number of ether oxygens (including phenoxy) is 1. The van der Waals surface area contributed by atoms with E-state index in [0.29, 0.717) is 17.9 Å². The molecular formula is C18H17N3OS. The summed E-state index contributed by atoms with van der Waals surface area (Å²) in [6.07, 6.45) is 1.78. The van der Waals surface area contributed by atoms with Crippen molar-refractivity contribution >= 4 is 12.2 Å². The van der Waals surface area contributed by atoms with Crippen LogP contribution in [0.15, 0.2) is 67.3 Å². The first-order valence-corrected chi connectivity index (χ1v) is 7.72. The number of aromatic nitrogens is 3. The first kappa shape index (κ1) is 15.2. The molecular weight excluding hydrogens is 306 g/mol. The zero-order valence-corrected chi connectivity index (χ0v) is 13.4. The topological polar surface area (TPSA) is 42.8 Å². The predicted molar refractivity (Wildman–Crippen MR) is 93.8 cm³/mol. The van der Waals surface area contributed by atoms with Gasteiger partial charge in [0.1, 0.15) is 12.4 Å². The Morgan fingerprint density at radius 1 is 1.09 bits per heavy atom. The zero-order chi connectivity index (χ0) is 16.1. The fourth-order valence-electron chi connectivity index (χ4n) is 2.30.